The summed E-state index contributed by atoms with van der Waals surface area (Å²) in [6.45, 7) is 3.19. The van der Waals surface area contributed by atoms with Crippen LogP contribution in [0.5, 0.6) is 5.75 Å². The van der Waals surface area contributed by atoms with Gasteiger partial charge < -0.3 is 10.4 Å². The van der Waals surface area contributed by atoms with Crippen molar-refractivity contribution in [1.82, 2.24) is 9.88 Å². The largest absolute Gasteiger partial charge is 0.508 e. The fraction of sp³-hybridized carbons (Fsp3) is 0.375. The van der Waals surface area contributed by atoms with Gasteiger partial charge in [0.05, 0.1) is 12.2 Å². The van der Waals surface area contributed by atoms with Gasteiger partial charge >= 0.3 is 0 Å². The Kier molecular flexibility index (Phi) is 4.40. The van der Waals surface area contributed by atoms with E-state index in [4.69, 9.17) is 0 Å². The van der Waals surface area contributed by atoms with Gasteiger partial charge in [-0.2, -0.15) is 0 Å². The quantitative estimate of drug-likeness (QED) is 0.910. The Morgan fingerprint density at radius 1 is 1.45 bits per heavy atom. The highest BCUT2D eigenvalue weighted by Gasteiger charge is 2.27. The second kappa shape index (κ2) is 6.46. The molecule has 2 aromatic rings. The van der Waals surface area contributed by atoms with Gasteiger partial charge in [-0.1, -0.05) is 12.1 Å². The monoisotopic (exact) mass is 317 g/mol. The average molecular weight is 317 g/mol. The molecule has 0 bridgehead atoms. The molecule has 0 saturated carbocycles. The molecule has 116 valence electrons. The summed E-state index contributed by atoms with van der Waals surface area (Å²) >= 11 is 1.45. The molecule has 1 saturated heterocycles. The molecule has 1 aliphatic rings. The molecule has 3 rings (SSSR count). The molecule has 5 nitrogen and oxygen atoms in total. The van der Waals surface area contributed by atoms with Crippen LogP contribution in [0, 0.1) is 6.92 Å². The maximum atomic E-state index is 12.2. The van der Waals surface area contributed by atoms with E-state index in [9.17, 15) is 9.90 Å². The molecule has 1 aliphatic heterocycles. The summed E-state index contributed by atoms with van der Waals surface area (Å²) in [6.07, 6.45) is 2.11. The van der Waals surface area contributed by atoms with Gasteiger partial charge in [-0.05, 0) is 44.0 Å². The number of phenols is 1. The minimum atomic E-state index is -0.0278. The van der Waals surface area contributed by atoms with Crippen LogP contribution in [0.3, 0.4) is 0 Å². The fourth-order valence-corrected chi connectivity index (χ4v) is 3.55. The molecule has 0 radical (unpaired) electrons. The van der Waals surface area contributed by atoms with Gasteiger partial charge in [0, 0.05) is 11.4 Å². The van der Waals surface area contributed by atoms with Crippen molar-refractivity contribution in [2.75, 3.05) is 18.4 Å². The molecule has 0 aliphatic carbocycles. The molecular weight excluding hydrogens is 298 g/mol. The lowest BCUT2D eigenvalue weighted by Gasteiger charge is -2.24. The molecule has 6 heteroatoms. The Bertz CT molecular complexity index is 654. The molecule has 1 amide bonds. The number of carbonyl (C=O) groups is 1. The second-order valence-electron chi connectivity index (χ2n) is 5.56. The molecule has 1 atom stereocenters. The fourth-order valence-electron chi connectivity index (χ4n) is 2.84. The van der Waals surface area contributed by atoms with E-state index < -0.39 is 0 Å². The predicted molar refractivity (Wildman–Crippen MR) is 87.1 cm³/mol. The first-order valence-electron chi connectivity index (χ1n) is 7.37. The zero-order valence-corrected chi connectivity index (χ0v) is 13.3. The minimum absolute atomic E-state index is 0.0278. The first-order chi connectivity index (χ1) is 10.6. The third kappa shape index (κ3) is 3.45. The van der Waals surface area contributed by atoms with Gasteiger partial charge in [0.25, 0.3) is 0 Å². The first kappa shape index (κ1) is 15.0. The molecule has 1 aromatic heterocycles. The van der Waals surface area contributed by atoms with Gasteiger partial charge in [-0.25, -0.2) is 4.98 Å². The number of nitrogens with one attached hydrogen (secondary N) is 1. The minimum Gasteiger partial charge on any atom is -0.508 e. The number of carbonyl (C=O) groups excluding carboxylic acids is 1. The van der Waals surface area contributed by atoms with Crippen LogP contribution in [0.15, 0.2) is 29.6 Å². The van der Waals surface area contributed by atoms with Crippen molar-refractivity contribution in [2.45, 2.75) is 25.8 Å². The normalized spacial score (nSPS) is 18.5. The van der Waals surface area contributed by atoms with Gasteiger partial charge in [0.15, 0.2) is 5.13 Å². The van der Waals surface area contributed by atoms with E-state index in [1.54, 1.807) is 12.1 Å². The van der Waals surface area contributed by atoms with Crippen LogP contribution in [0.2, 0.25) is 0 Å². The summed E-state index contributed by atoms with van der Waals surface area (Å²) in [6, 6.07) is 7.50. The smallest absolute Gasteiger partial charge is 0.240 e. The van der Waals surface area contributed by atoms with Gasteiger partial charge in [-0.3, -0.25) is 9.69 Å². The second-order valence-corrected chi connectivity index (χ2v) is 6.42. The van der Waals surface area contributed by atoms with Crippen LogP contribution in [-0.4, -0.2) is 34.0 Å². The first-order valence-corrected chi connectivity index (χ1v) is 8.25. The number of thiazole rings is 1. The van der Waals surface area contributed by atoms with Crippen LogP contribution in [-0.2, 0) is 4.79 Å². The lowest BCUT2D eigenvalue weighted by Crippen LogP contribution is -2.32. The number of aromatic nitrogens is 1. The SMILES string of the molecule is Cc1csc(NC(=O)CN2CCC[C@H]2c2ccc(O)cc2)n1. The number of rotatable bonds is 4. The summed E-state index contributed by atoms with van der Waals surface area (Å²) in [5.74, 6) is 0.241. The van der Waals surface area contributed by atoms with Crippen LogP contribution >= 0.6 is 11.3 Å². The summed E-state index contributed by atoms with van der Waals surface area (Å²) in [7, 11) is 0. The van der Waals surface area contributed by atoms with Gasteiger partial charge in [0.2, 0.25) is 5.91 Å². The molecule has 2 N–H and O–H groups in total. The van der Waals surface area contributed by atoms with E-state index in [2.05, 4.69) is 15.2 Å². The van der Waals surface area contributed by atoms with Gasteiger partial charge in [0.1, 0.15) is 5.75 Å². The Hall–Kier alpha value is -1.92. The van der Waals surface area contributed by atoms with Crippen molar-refractivity contribution in [3.8, 4) is 5.75 Å². The van der Waals surface area contributed by atoms with E-state index >= 15 is 0 Å². The molecule has 0 unspecified atom stereocenters. The van der Waals surface area contributed by atoms with Crippen molar-refractivity contribution < 1.29 is 9.90 Å². The number of phenolic OH excluding ortho intramolecular Hbond substituents is 1. The average Bonchev–Trinajstić information content (AvgIpc) is 3.09. The molecular formula is C16H19N3O2S. The van der Waals surface area contributed by atoms with Crippen molar-refractivity contribution in [3.05, 3.63) is 40.9 Å². The van der Waals surface area contributed by atoms with Crippen LogP contribution in [0.4, 0.5) is 5.13 Å². The lowest BCUT2D eigenvalue weighted by atomic mass is 10.0. The number of hydrogen-bond acceptors (Lipinski definition) is 5. The third-order valence-corrected chi connectivity index (χ3v) is 4.73. The van der Waals surface area contributed by atoms with E-state index in [0.717, 1.165) is 30.6 Å². The maximum Gasteiger partial charge on any atom is 0.240 e. The van der Waals surface area contributed by atoms with Crippen molar-refractivity contribution in [1.29, 1.82) is 0 Å². The standard InChI is InChI=1S/C16H19N3O2S/c1-11-10-22-16(17-11)18-15(21)9-19-8-2-3-14(19)12-4-6-13(20)7-5-12/h4-7,10,14,20H,2-3,8-9H2,1H3,(H,17,18,21)/t14-/m0/s1. The van der Waals surface area contributed by atoms with Gasteiger partial charge in [-0.15, -0.1) is 11.3 Å². The number of nitrogens with zero attached hydrogens (tertiary/aromatic N) is 2. The highest BCUT2D eigenvalue weighted by atomic mass is 32.1. The van der Waals surface area contributed by atoms with E-state index in [-0.39, 0.29) is 17.7 Å². The molecule has 1 fully saturated rings. The summed E-state index contributed by atoms with van der Waals surface area (Å²) in [5, 5.41) is 14.8. The highest BCUT2D eigenvalue weighted by molar-refractivity contribution is 7.13. The number of likely N-dealkylation sites (tertiary alicyclic amines) is 1. The summed E-state index contributed by atoms with van der Waals surface area (Å²) in [5.41, 5.74) is 2.07. The zero-order valence-electron chi connectivity index (χ0n) is 12.5. The van der Waals surface area contributed by atoms with E-state index in [1.807, 2.05) is 24.4 Å². The number of anilines is 1. The highest BCUT2D eigenvalue weighted by Crippen LogP contribution is 2.32. The van der Waals surface area contributed by atoms with Crippen LogP contribution in [0.1, 0.15) is 30.1 Å². The number of amides is 1. The third-order valence-electron chi connectivity index (χ3n) is 3.85. The Morgan fingerprint density at radius 3 is 2.91 bits per heavy atom. The number of aryl methyl sites for hydroxylation is 1. The Labute approximate surface area is 133 Å². The van der Waals surface area contributed by atoms with Crippen molar-refractivity contribution in [2.24, 2.45) is 0 Å². The van der Waals surface area contributed by atoms with Crippen molar-refractivity contribution in [3.63, 3.8) is 0 Å². The predicted octanol–water partition coefficient (Wildman–Crippen LogP) is 2.93. The summed E-state index contributed by atoms with van der Waals surface area (Å²) in [4.78, 5) is 18.6. The molecule has 0 spiro atoms. The maximum absolute atomic E-state index is 12.2. The van der Waals surface area contributed by atoms with E-state index in [1.165, 1.54) is 11.3 Å². The number of aromatic hydroxyl groups is 1. The Balaban J connectivity index is 1.63. The van der Waals surface area contributed by atoms with Crippen LogP contribution < -0.4 is 5.32 Å². The molecule has 1 aromatic carbocycles. The number of benzene rings is 1. The number of hydrogen-bond donors (Lipinski definition) is 2. The van der Waals surface area contributed by atoms with E-state index in [0.29, 0.717) is 11.7 Å². The molecule has 22 heavy (non-hydrogen) atoms. The summed E-state index contributed by atoms with van der Waals surface area (Å²) < 4.78 is 0. The zero-order chi connectivity index (χ0) is 15.5. The molecule has 2 heterocycles. The van der Waals surface area contributed by atoms with Crippen LogP contribution in [0.25, 0.3) is 0 Å². The van der Waals surface area contributed by atoms with Crippen molar-refractivity contribution >= 4 is 22.4 Å². The Morgan fingerprint density at radius 2 is 2.23 bits per heavy atom. The topological polar surface area (TPSA) is 65.5 Å². The lowest BCUT2D eigenvalue weighted by molar-refractivity contribution is -0.117.